The highest BCUT2D eigenvalue weighted by atomic mass is 16.2. The third kappa shape index (κ3) is 2.32. The smallest absolute Gasteiger partial charge is 0.254 e. The van der Waals surface area contributed by atoms with Gasteiger partial charge >= 0.3 is 0 Å². The SMILES string of the molecule is N#CCCN(C(=O)c1ccc2cc[nH]c2c1)C1CC1. The highest BCUT2D eigenvalue weighted by Crippen LogP contribution is 2.28. The largest absolute Gasteiger partial charge is 0.361 e. The van der Waals surface area contributed by atoms with E-state index in [0.29, 0.717) is 24.6 Å². The van der Waals surface area contributed by atoms with Crippen molar-refractivity contribution in [1.29, 1.82) is 5.26 Å². The van der Waals surface area contributed by atoms with Crippen molar-refractivity contribution in [3.63, 3.8) is 0 Å². The zero-order valence-electron chi connectivity index (χ0n) is 10.6. The Morgan fingerprint density at radius 3 is 3.00 bits per heavy atom. The van der Waals surface area contributed by atoms with Gasteiger partial charge in [0, 0.05) is 29.9 Å². The second kappa shape index (κ2) is 4.77. The molecular weight excluding hydrogens is 238 g/mol. The quantitative estimate of drug-likeness (QED) is 0.910. The van der Waals surface area contributed by atoms with Crippen molar-refractivity contribution < 1.29 is 4.79 Å². The number of fused-ring (bicyclic) bond motifs is 1. The maximum Gasteiger partial charge on any atom is 0.254 e. The van der Waals surface area contributed by atoms with Crippen molar-refractivity contribution >= 4 is 16.8 Å². The first-order valence-corrected chi connectivity index (χ1v) is 6.54. The summed E-state index contributed by atoms with van der Waals surface area (Å²) in [5, 5.41) is 9.79. The van der Waals surface area contributed by atoms with E-state index in [-0.39, 0.29) is 5.91 Å². The lowest BCUT2D eigenvalue weighted by Gasteiger charge is -2.21. The third-order valence-corrected chi connectivity index (χ3v) is 3.51. The van der Waals surface area contributed by atoms with Gasteiger partial charge in [-0.15, -0.1) is 0 Å². The normalized spacial score (nSPS) is 14.3. The minimum Gasteiger partial charge on any atom is -0.361 e. The zero-order chi connectivity index (χ0) is 13.2. The number of carbonyl (C=O) groups excluding carboxylic acids is 1. The van der Waals surface area contributed by atoms with Gasteiger partial charge < -0.3 is 9.88 Å². The second-order valence-corrected chi connectivity index (χ2v) is 4.92. The van der Waals surface area contributed by atoms with Crippen LogP contribution in [-0.2, 0) is 0 Å². The molecule has 0 aliphatic heterocycles. The van der Waals surface area contributed by atoms with Gasteiger partial charge in [0.25, 0.3) is 5.91 Å². The number of carbonyl (C=O) groups is 1. The van der Waals surface area contributed by atoms with Crippen molar-refractivity contribution in [2.75, 3.05) is 6.54 Å². The maximum absolute atomic E-state index is 12.5. The molecule has 1 aliphatic carbocycles. The van der Waals surface area contributed by atoms with Gasteiger partial charge in [-0.05, 0) is 36.4 Å². The van der Waals surface area contributed by atoms with E-state index in [1.165, 1.54) is 0 Å². The molecule has 1 saturated carbocycles. The lowest BCUT2D eigenvalue weighted by molar-refractivity contribution is 0.0747. The van der Waals surface area contributed by atoms with Gasteiger partial charge in [0.1, 0.15) is 0 Å². The Bertz CT molecular complexity index is 649. The Hall–Kier alpha value is -2.28. The summed E-state index contributed by atoms with van der Waals surface area (Å²) in [6, 6.07) is 10.1. The van der Waals surface area contributed by atoms with E-state index in [1.807, 2.05) is 35.4 Å². The van der Waals surface area contributed by atoms with E-state index in [4.69, 9.17) is 5.26 Å². The highest BCUT2D eigenvalue weighted by Gasteiger charge is 2.32. The molecule has 3 rings (SSSR count). The van der Waals surface area contributed by atoms with Gasteiger partial charge in [-0.2, -0.15) is 5.26 Å². The van der Waals surface area contributed by atoms with Crippen LogP contribution in [-0.4, -0.2) is 28.4 Å². The topological polar surface area (TPSA) is 59.9 Å². The van der Waals surface area contributed by atoms with Crippen LogP contribution in [0.25, 0.3) is 10.9 Å². The van der Waals surface area contributed by atoms with Crippen LogP contribution in [0.5, 0.6) is 0 Å². The third-order valence-electron chi connectivity index (χ3n) is 3.51. The van der Waals surface area contributed by atoms with Gasteiger partial charge in [-0.3, -0.25) is 4.79 Å². The van der Waals surface area contributed by atoms with Crippen LogP contribution < -0.4 is 0 Å². The summed E-state index contributed by atoms with van der Waals surface area (Å²) in [4.78, 5) is 17.5. The standard InChI is InChI=1S/C15H15N3O/c16-7-1-9-18(13-4-5-13)15(19)12-3-2-11-6-8-17-14(11)10-12/h2-3,6,8,10,13,17H,1,4-5,9H2. The fraction of sp³-hybridized carbons (Fsp3) is 0.333. The van der Waals surface area contributed by atoms with Crippen LogP contribution in [0.15, 0.2) is 30.5 Å². The zero-order valence-corrected chi connectivity index (χ0v) is 10.6. The minimum atomic E-state index is 0.0363. The monoisotopic (exact) mass is 253 g/mol. The molecular formula is C15H15N3O. The van der Waals surface area contributed by atoms with Gasteiger partial charge in [0.15, 0.2) is 0 Å². The van der Waals surface area contributed by atoms with Crippen LogP contribution in [0.3, 0.4) is 0 Å². The number of rotatable bonds is 4. The predicted molar refractivity (Wildman–Crippen MR) is 72.6 cm³/mol. The van der Waals surface area contributed by atoms with Crippen LogP contribution in [0, 0.1) is 11.3 Å². The molecule has 4 heteroatoms. The first-order valence-electron chi connectivity index (χ1n) is 6.54. The fourth-order valence-electron chi connectivity index (χ4n) is 2.35. The first kappa shape index (κ1) is 11.8. The Kier molecular flexibility index (Phi) is 2.96. The fourth-order valence-corrected chi connectivity index (χ4v) is 2.35. The number of hydrogen-bond acceptors (Lipinski definition) is 2. The van der Waals surface area contributed by atoms with Crippen molar-refractivity contribution in [2.45, 2.75) is 25.3 Å². The molecule has 19 heavy (non-hydrogen) atoms. The van der Waals surface area contributed by atoms with Crippen LogP contribution >= 0.6 is 0 Å². The summed E-state index contributed by atoms with van der Waals surface area (Å²) >= 11 is 0. The number of nitrogens with one attached hydrogen (secondary N) is 1. The molecule has 1 N–H and O–H groups in total. The predicted octanol–water partition coefficient (Wildman–Crippen LogP) is 2.69. The molecule has 0 bridgehead atoms. The van der Waals surface area contributed by atoms with E-state index in [2.05, 4.69) is 11.1 Å². The number of aromatic nitrogens is 1. The average Bonchev–Trinajstić information content (AvgIpc) is 3.15. The molecule has 96 valence electrons. The molecule has 0 unspecified atom stereocenters. The number of H-pyrrole nitrogens is 1. The molecule has 4 nitrogen and oxygen atoms in total. The molecule has 1 aliphatic rings. The van der Waals surface area contributed by atoms with E-state index >= 15 is 0 Å². The summed E-state index contributed by atoms with van der Waals surface area (Å²) < 4.78 is 0. The van der Waals surface area contributed by atoms with E-state index in [9.17, 15) is 4.79 Å². The van der Waals surface area contributed by atoms with E-state index < -0.39 is 0 Å². The summed E-state index contributed by atoms with van der Waals surface area (Å²) in [7, 11) is 0. The number of amides is 1. The Morgan fingerprint density at radius 1 is 1.42 bits per heavy atom. The van der Waals surface area contributed by atoms with E-state index in [0.717, 1.165) is 23.7 Å². The van der Waals surface area contributed by atoms with Gasteiger partial charge in [-0.1, -0.05) is 6.07 Å². The Balaban J connectivity index is 1.86. The van der Waals surface area contributed by atoms with Crippen molar-refractivity contribution in [1.82, 2.24) is 9.88 Å². The van der Waals surface area contributed by atoms with Crippen molar-refractivity contribution in [3.8, 4) is 6.07 Å². The molecule has 0 atom stereocenters. The van der Waals surface area contributed by atoms with Crippen LogP contribution in [0.2, 0.25) is 0 Å². The molecule has 0 radical (unpaired) electrons. The first-order chi connectivity index (χ1) is 9.29. The molecule has 2 aromatic rings. The molecule has 1 aromatic carbocycles. The van der Waals surface area contributed by atoms with Gasteiger partial charge in [0.05, 0.1) is 12.5 Å². The van der Waals surface area contributed by atoms with Crippen molar-refractivity contribution in [3.05, 3.63) is 36.0 Å². The van der Waals surface area contributed by atoms with Crippen LogP contribution in [0.1, 0.15) is 29.6 Å². The Labute approximate surface area is 111 Å². The molecule has 0 spiro atoms. The average molecular weight is 253 g/mol. The Morgan fingerprint density at radius 2 is 2.26 bits per heavy atom. The molecule has 0 saturated heterocycles. The second-order valence-electron chi connectivity index (χ2n) is 4.92. The van der Waals surface area contributed by atoms with E-state index in [1.54, 1.807) is 0 Å². The number of aromatic amines is 1. The van der Waals surface area contributed by atoms with Gasteiger partial charge in [0.2, 0.25) is 0 Å². The molecule has 1 fully saturated rings. The summed E-state index contributed by atoms with van der Waals surface area (Å²) in [5.41, 5.74) is 1.67. The number of nitrogens with zero attached hydrogens (tertiary/aromatic N) is 2. The lowest BCUT2D eigenvalue weighted by atomic mass is 10.1. The summed E-state index contributed by atoms with van der Waals surface area (Å²) in [6.07, 6.45) is 4.38. The highest BCUT2D eigenvalue weighted by molar-refractivity contribution is 5.98. The molecule has 1 heterocycles. The molecule has 1 aromatic heterocycles. The summed E-state index contributed by atoms with van der Waals surface area (Å²) in [6.45, 7) is 0.531. The molecule has 1 amide bonds. The number of nitriles is 1. The van der Waals surface area contributed by atoms with Crippen LogP contribution in [0.4, 0.5) is 0 Å². The maximum atomic E-state index is 12.5. The summed E-state index contributed by atoms with van der Waals surface area (Å²) in [5.74, 6) is 0.0363. The van der Waals surface area contributed by atoms with Crippen molar-refractivity contribution in [2.24, 2.45) is 0 Å². The van der Waals surface area contributed by atoms with Gasteiger partial charge in [-0.25, -0.2) is 0 Å². The number of benzene rings is 1. The lowest BCUT2D eigenvalue weighted by Crippen LogP contribution is -2.33. The minimum absolute atomic E-state index is 0.0363. The number of hydrogen-bond donors (Lipinski definition) is 1.